The van der Waals surface area contributed by atoms with Gasteiger partial charge in [0.05, 0.1) is 36.2 Å². The van der Waals surface area contributed by atoms with Crippen molar-refractivity contribution in [2.45, 2.75) is 135 Å². The molecule has 1 fully saturated rings. The second-order valence-electron chi connectivity index (χ2n) is 16.6. The van der Waals surface area contributed by atoms with E-state index < -0.39 is 51.2 Å². The fraction of sp³-hybridized carbons (Fsp3) is 0.676. The maximum absolute atomic E-state index is 13.7. The number of benzene rings is 1. The Bertz CT molecular complexity index is 1390. The number of nitro groups is 1. The largest absolute Gasteiger partial charge is 0.443 e. The monoisotopic (exact) mass is 689 g/mol. The SMILES string of the molecule is CC(C)(C)OC(=O)N(Cc1ccccc1[N+](=O)[O-])C1=NC(=O)C([C@H]2C[C@@H](O[Si](C)(C)C(C)(C)C)[C@@H](CO[Si](C)(C)C(C)(C)C)O2)C=C1. The number of aliphatic imine (C=N–C) groups is 1. The predicted octanol–water partition coefficient (Wildman–Crippen LogP) is 8.01. The van der Waals surface area contributed by atoms with E-state index >= 15 is 0 Å². The van der Waals surface area contributed by atoms with Crippen LogP contribution in [0.3, 0.4) is 0 Å². The predicted molar refractivity (Wildman–Crippen MR) is 188 cm³/mol. The average Bonchev–Trinajstić information content (AvgIpc) is 3.29. The van der Waals surface area contributed by atoms with Gasteiger partial charge >= 0.3 is 6.09 Å². The second kappa shape index (κ2) is 14.0. The first-order valence-corrected chi connectivity index (χ1v) is 22.2. The molecule has 1 saturated heterocycles. The molecule has 2 amide bonds. The van der Waals surface area contributed by atoms with Crippen LogP contribution in [0, 0.1) is 16.0 Å². The summed E-state index contributed by atoms with van der Waals surface area (Å²) in [6, 6.07) is 6.14. The minimum Gasteiger partial charge on any atom is -0.443 e. The quantitative estimate of drug-likeness (QED) is 0.145. The highest BCUT2D eigenvalue weighted by atomic mass is 28.4. The van der Waals surface area contributed by atoms with Crippen molar-refractivity contribution in [3.05, 3.63) is 52.1 Å². The summed E-state index contributed by atoms with van der Waals surface area (Å²) in [6.45, 7) is 27.3. The number of carbonyl (C=O) groups excluding carboxylic acids is 2. The average molecular weight is 690 g/mol. The maximum Gasteiger partial charge on any atom is 0.416 e. The summed E-state index contributed by atoms with van der Waals surface area (Å²) in [7, 11) is -4.27. The molecule has 2 aliphatic heterocycles. The summed E-state index contributed by atoms with van der Waals surface area (Å²) < 4.78 is 25.6. The molecule has 4 atom stereocenters. The molecular weight excluding hydrogens is 635 g/mol. The Morgan fingerprint density at radius 1 is 1.02 bits per heavy atom. The molecule has 11 nitrogen and oxygen atoms in total. The lowest BCUT2D eigenvalue weighted by Gasteiger charge is -2.40. The topological polar surface area (TPSA) is 130 Å². The number of hydrogen-bond donors (Lipinski definition) is 0. The van der Waals surface area contributed by atoms with Crippen LogP contribution in [0.1, 0.15) is 74.3 Å². The Hall–Kier alpha value is -2.72. The Balaban J connectivity index is 1.89. The van der Waals surface area contributed by atoms with E-state index in [4.69, 9.17) is 18.3 Å². The lowest BCUT2D eigenvalue weighted by Crippen LogP contribution is -2.48. The van der Waals surface area contributed by atoms with Gasteiger partial charge in [-0.25, -0.2) is 4.79 Å². The van der Waals surface area contributed by atoms with E-state index in [0.717, 1.165) is 4.90 Å². The molecule has 0 saturated carbocycles. The third kappa shape index (κ3) is 9.68. The number of hydrogen-bond acceptors (Lipinski definition) is 8. The molecule has 3 rings (SSSR count). The molecular formula is C34H55N3O8Si2. The molecule has 0 aromatic heterocycles. The van der Waals surface area contributed by atoms with E-state index in [1.54, 1.807) is 51.1 Å². The normalized spacial score (nSPS) is 22.7. The molecule has 0 radical (unpaired) electrons. The first-order valence-electron chi connectivity index (χ1n) is 16.3. The third-order valence-corrected chi connectivity index (χ3v) is 18.7. The molecule has 2 aliphatic rings. The highest BCUT2D eigenvalue weighted by molar-refractivity contribution is 6.74. The standard InChI is InChI=1S/C34H55N3O8Si2/c1-32(2,3)44-31(39)36(21-23-16-14-15-17-25(23)37(40)41)29-19-18-24(30(38)35-29)26-20-27(45-47(12,13)34(7,8)9)28(43-26)22-42-46(10,11)33(4,5)6/h14-19,24,26-28H,20-22H2,1-13H3/t24?,26-,27-,28-/m1/s1. The molecule has 0 aliphatic carbocycles. The van der Waals surface area contributed by atoms with Crippen LogP contribution in [0.25, 0.3) is 0 Å². The van der Waals surface area contributed by atoms with Gasteiger partial charge in [0.25, 0.3) is 11.6 Å². The number of nitrogens with zero attached hydrogens (tertiary/aromatic N) is 3. The van der Waals surface area contributed by atoms with Gasteiger partial charge in [-0.1, -0.05) is 65.8 Å². The zero-order valence-electron chi connectivity index (χ0n) is 30.5. The smallest absolute Gasteiger partial charge is 0.416 e. The fourth-order valence-corrected chi connectivity index (χ4v) is 7.16. The molecule has 1 aromatic rings. The highest BCUT2D eigenvalue weighted by Crippen LogP contribution is 2.42. The Kier molecular flexibility index (Phi) is 11.6. The van der Waals surface area contributed by atoms with E-state index in [2.05, 4.69) is 72.7 Å². The first kappa shape index (κ1) is 38.7. The summed E-state index contributed by atoms with van der Waals surface area (Å²) in [5.41, 5.74) is -0.714. The number of rotatable bonds is 9. The van der Waals surface area contributed by atoms with Gasteiger partial charge in [0.1, 0.15) is 17.5 Å². The second-order valence-corrected chi connectivity index (χ2v) is 26.1. The van der Waals surface area contributed by atoms with Gasteiger partial charge in [-0.15, -0.1) is 0 Å². The van der Waals surface area contributed by atoms with Crippen molar-refractivity contribution in [2.75, 3.05) is 6.61 Å². The Labute approximate surface area is 282 Å². The fourth-order valence-electron chi connectivity index (χ4n) is 4.79. The summed E-state index contributed by atoms with van der Waals surface area (Å²) in [6.07, 6.45) is 1.91. The van der Waals surface area contributed by atoms with Crippen LogP contribution in [0.2, 0.25) is 36.3 Å². The first-order chi connectivity index (χ1) is 21.3. The van der Waals surface area contributed by atoms with E-state index in [1.807, 2.05) is 0 Å². The molecule has 262 valence electrons. The number of carbonyl (C=O) groups is 2. The van der Waals surface area contributed by atoms with Crippen LogP contribution in [0.5, 0.6) is 0 Å². The van der Waals surface area contributed by atoms with E-state index in [-0.39, 0.29) is 45.9 Å². The van der Waals surface area contributed by atoms with Gasteiger partial charge in [-0.2, -0.15) is 4.99 Å². The summed E-state index contributed by atoms with van der Waals surface area (Å²) >= 11 is 0. The zero-order chi connectivity index (χ0) is 35.8. The van der Waals surface area contributed by atoms with Crippen LogP contribution in [-0.2, 0) is 29.7 Å². The minimum absolute atomic E-state index is 0.0192. The lowest BCUT2D eigenvalue weighted by atomic mass is 9.95. The van der Waals surface area contributed by atoms with Crippen molar-refractivity contribution in [1.82, 2.24) is 4.90 Å². The van der Waals surface area contributed by atoms with Crippen LogP contribution in [0.4, 0.5) is 10.5 Å². The molecule has 0 spiro atoms. The van der Waals surface area contributed by atoms with Crippen molar-refractivity contribution in [1.29, 1.82) is 0 Å². The van der Waals surface area contributed by atoms with Crippen LogP contribution >= 0.6 is 0 Å². The summed E-state index contributed by atoms with van der Waals surface area (Å²) in [5.74, 6) is -1.13. The van der Waals surface area contributed by atoms with Gasteiger partial charge in [-0.05, 0) is 63.1 Å². The molecule has 2 heterocycles. The van der Waals surface area contributed by atoms with Gasteiger partial charge in [0.2, 0.25) is 0 Å². The molecule has 1 unspecified atom stereocenters. The summed E-state index contributed by atoms with van der Waals surface area (Å²) in [5, 5.41) is 11.7. The minimum atomic E-state index is -2.19. The van der Waals surface area contributed by atoms with Crippen LogP contribution in [0.15, 0.2) is 41.4 Å². The van der Waals surface area contributed by atoms with Crippen molar-refractivity contribution in [3.8, 4) is 0 Å². The zero-order valence-corrected chi connectivity index (χ0v) is 32.5. The number of para-hydroxylation sites is 1. The Morgan fingerprint density at radius 2 is 1.62 bits per heavy atom. The Morgan fingerprint density at radius 3 is 2.15 bits per heavy atom. The van der Waals surface area contributed by atoms with Gasteiger partial charge < -0.3 is 18.3 Å². The van der Waals surface area contributed by atoms with E-state index in [9.17, 15) is 19.7 Å². The van der Waals surface area contributed by atoms with Crippen molar-refractivity contribution in [3.63, 3.8) is 0 Å². The van der Waals surface area contributed by atoms with Gasteiger partial charge in [-0.3, -0.25) is 19.8 Å². The summed E-state index contributed by atoms with van der Waals surface area (Å²) in [4.78, 5) is 43.7. The lowest BCUT2D eigenvalue weighted by molar-refractivity contribution is -0.385. The third-order valence-electron chi connectivity index (χ3n) is 9.67. The number of ether oxygens (including phenoxy) is 2. The van der Waals surface area contributed by atoms with E-state index in [0.29, 0.717) is 13.0 Å². The van der Waals surface area contributed by atoms with Crippen LogP contribution in [-0.4, -0.2) is 74.8 Å². The van der Waals surface area contributed by atoms with E-state index in [1.165, 1.54) is 6.07 Å². The number of nitro benzene ring substituents is 1. The molecule has 13 heteroatoms. The molecule has 0 bridgehead atoms. The van der Waals surface area contributed by atoms with Crippen molar-refractivity contribution in [2.24, 2.45) is 10.9 Å². The molecule has 1 aromatic carbocycles. The number of amides is 2. The van der Waals surface area contributed by atoms with Crippen LogP contribution < -0.4 is 0 Å². The highest BCUT2D eigenvalue weighted by Gasteiger charge is 2.48. The van der Waals surface area contributed by atoms with Gasteiger partial charge in [0, 0.05) is 18.1 Å². The van der Waals surface area contributed by atoms with Gasteiger partial charge in [0.15, 0.2) is 16.6 Å². The number of dihydropyridines is 1. The maximum atomic E-state index is 13.7. The van der Waals surface area contributed by atoms with Crippen molar-refractivity contribution < 1.29 is 32.8 Å². The molecule has 47 heavy (non-hydrogen) atoms. The number of amidine groups is 1. The van der Waals surface area contributed by atoms with Crippen molar-refractivity contribution >= 4 is 40.2 Å². The molecule has 0 N–H and O–H groups in total.